The first-order chi connectivity index (χ1) is 12.3. The van der Waals surface area contributed by atoms with Gasteiger partial charge in [0.15, 0.2) is 0 Å². The van der Waals surface area contributed by atoms with Crippen LogP contribution in [-0.4, -0.2) is 20.4 Å². The summed E-state index contributed by atoms with van der Waals surface area (Å²) in [6, 6.07) is 14.0. The van der Waals surface area contributed by atoms with Gasteiger partial charge >= 0.3 is 0 Å². The van der Waals surface area contributed by atoms with Crippen molar-refractivity contribution in [1.29, 1.82) is 0 Å². The minimum Gasteiger partial charge on any atom is -0.326 e. The van der Waals surface area contributed by atoms with Gasteiger partial charge in [-0.2, -0.15) is 0 Å². The fraction of sp³-hybridized carbons (Fsp3) is 0.211. The number of carbonyl (C=O) groups is 1. The van der Waals surface area contributed by atoms with E-state index in [1.54, 1.807) is 23.5 Å². The number of fused-ring (bicyclic) bond motifs is 1. The van der Waals surface area contributed by atoms with Crippen molar-refractivity contribution in [2.24, 2.45) is 0 Å². The number of anilines is 1. The van der Waals surface area contributed by atoms with Gasteiger partial charge < -0.3 is 5.32 Å². The lowest BCUT2D eigenvalue weighted by Gasteiger charge is -2.14. The molecule has 1 heterocycles. The van der Waals surface area contributed by atoms with Gasteiger partial charge in [-0.1, -0.05) is 18.2 Å². The Kier molecular flexibility index (Phi) is 5.41. The molecule has 0 aliphatic heterocycles. The van der Waals surface area contributed by atoms with E-state index in [0.717, 1.165) is 5.56 Å². The van der Waals surface area contributed by atoms with E-state index >= 15 is 0 Å². The Hall–Kier alpha value is -2.22. The van der Waals surface area contributed by atoms with Gasteiger partial charge in [-0.15, -0.1) is 11.3 Å². The summed E-state index contributed by atoms with van der Waals surface area (Å²) < 4.78 is 29.1. The quantitative estimate of drug-likeness (QED) is 0.675. The Labute approximate surface area is 157 Å². The number of carbonyl (C=O) groups excluding carboxylic acids is 1. The average Bonchev–Trinajstić information content (AvgIpc) is 2.97. The molecule has 0 aliphatic carbocycles. The number of thiophene rings is 1. The van der Waals surface area contributed by atoms with Gasteiger partial charge in [0, 0.05) is 23.4 Å². The predicted octanol–water partition coefficient (Wildman–Crippen LogP) is 3.77. The molecule has 1 atom stereocenters. The number of sulfonamides is 1. The first kappa shape index (κ1) is 18.6. The number of nitrogens with one attached hydrogen (secondary N) is 2. The number of rotatable bonds is 6. The summed E-state index contributed by atoms with van der Waals surface area (Å²) in [5, 5.41) is 5.87. The maximum atomic E-state index is 12.6. The molecule has 7 heteroatoms. The highest BCUT2D eigenvalue weighted by Crippen LogP contribution is 2.26. The Bertz CT molecular complexity index is 1020. The minimum absolute atomic E-state index is 0.175. The van der Waals surface area contributed by atoms with Crippen molar-refractivity contribution in [2.75, 3.05) is 5.32 Å². The smallest absolute Gasteiger partial charge is 0.240 e. The van der Waals surface area contributed by atoms with Crippen LogP contribution in [0, 0.1) is 0 Å². The maximum Gasteiger partial charge on any atom is 0.240 e. The number of amides is 1. The fourth-order valence-electron chi connectivity index (χ4n) is 2.82. The third-order valence-electron chi connectivity index (χ3n) is 3.93. The molecule has 0 saturated carbocycles. The van der Waals surface area contributed by atoms with Crippen LogP contribution in [0.5, 0.6) is 0 Å². The van der Waals surface area contributed by atoms with Gasteiger partial charge in [-0.25, -0.2) is 13.1 Å². The van der Waals surface area contributed by atoms with Crippen LogP contribution in [0.25, 0.3) is 10.1 Å². The van der Waals surface area contributed by atoms with Crippen molar-refractivity contribution in [2.45, 2.75) is 31.2 Å². The molecular weight excluding hydrogens is 368 g/mol. The second kappa shape index (κ2) is 7.57. The first-order valence-electron chi connectivity index (χ1n) is 8.20. The van der Waals surface area contributed by atoms with E-state index in [9.17, 15) is 13.2 Å². The fourth-order valence-corrected chi connectivity index (χ4v) is 5.04. The van der Waals surface area contributed by atoms with Crippen LogP contribution in [-0.2, 0) is 21.2 Å². The van der Waals surface area contributed by atoms with Crippen LogP contribution in [0.2, 0.25) is 0 Å². The van der Waals surface area contributed by atoms with Gasteiger partial charge in [-0.3, -0.25) is 4.79 Å². The molecule has 0 saturated heterocycles. The lowest BCUT2D eigenvalue weighted by atomic mass is 10.1. The van der Waals surface area contributed by atoms with E-state index in [4.69, 9.17) is 0 Å². The first-order valence-corrected chi connectivity index (χ1v) is 10.6. The van der Waals surface area contributed by atoms with Crippen molar-refractivity contribution in [3.8, 4) is 0 Å². The van der Waals surface area contributed by atoms with E-state index in [1.165, 1.54) is 29.1 Å². The van der Waals surface area contributed by atoms with Gasteiger partial charge in [0.25, 0.3) is 0 Å². The number of hydrogen-bond donors (Lipinski definition) is 2. The van der Waals surface area contributed by atoms with Crippen molar-refractivity contribution < 1.29 is 13.2 Å². The van der Waals surface area contributed by atoms with E-state index in [2.05, 4.69) is 27.6 Å². The maximum absolute atomic E-state index is 12.6. The Morgan fingerprint density at radius 3 is 2.50 bits per heavy atom. The van der Waals surface area contributed by atoms with E-state index in [-0.39, 0.29) is 16.8 Å². The molecule has 0 aliphatic rings. The molecule has 0 unspecified atom stereocenters. The molecule has 136 valence electrons. The topological polar surface area (TPSA) is 75.3 Å². The SMILES string of the molecule is CC(=O)Nc1ccc(S(=O)(=O)N[C@H](C)Cc2csc3ccccc23)cc1. The Morgan fingerprint density at radius 1 is 1.12 bits per heavy atom. The molecule has 26 heavy (non-hydrogen) atoms. The third kappa shape index (κ3) is 4.30. The zero-order valence-corrected chi connectivity index (χ0v) is 16.2. The molecule has 0 spiro atoms. The van der Waals surface area contributed by atoms with Crippen LogP contribution in [0.1, 0.15) is 19.4 Å². The van der Waals surface area contributed by atoms with Gasteiger partial charge in [-0.05, 0) is 60.0 Å². The second-order valence-corrected chi connectivity index (χ2v) is 8.81. The second-order valence-electron chi connectivity index (χ2n) is 6.19. The van der Waals surface area contributed by atoms with Crippen LogP contribution in [0.4, 0.5) is 5.69 Å². The standard InChI is InChI=1S/C19H20N2O3S2/c1-13(11-15-12-25-19-6-4-3-5-18(15)19)21-26(23,24)17-9-7-16(8-10-17)20-14(2)22/h3-10,12-13,21H,11H2,1-2H3,(H,20,22)/t13-/m1/s1. The summed E-state index contributed by atoms with van der Waals surface area (Å²) in [5.41, 5.74) is 1.70. The summed E-state index contributed by atoms with van der Waals surface area (Å²) in [5.74, 6) is -0.199. The van der Waals surface area contributed by atoms with Crippen LogP contribution < -0.4 is 10.0 Å². The van der Waals surface area contributed by atoms with Gasteiger partial charge in [0.2, 0.25) is 15.9 Å². The molecule has 3 rings (SSSR count). The van der Waals surface area contributed by atoms with Crippen molar-refractivity contribution in [3.63, 3.8) is 0 Å². The predicted molar refractivity (Wildman–Crippen MR) is 106 cm³/mol. The number of hydrogen-bond acceptors (Lipinski definition) is 4. The van der Waals surface area contributed by atoms with Gasteiger partial charge in [0.1, 0.15) is 0 Å². The highest BCUT2D eigenvalue weighted by atomic mass is 32.2. The molecule has 2 aromatic carbocycles. The lowest BCUT2D eigenvalue weighted by Crippen LogP contribution is -2.34. The molecule has 1 aromatic heterocycles. The highest BCUT2D eigenvalue weighted by Gasteiger charge is 2.18. The molecule has 0 fully saturated rings. The summed E-state index contributed by atoms with van der Waals surface area (Å²) in [4.78, 5) is 11.2. The third-order valence-corrected chi connectivity index (χ3v) is 6.55. The van der Waals surface area contributed by atoms with E-state index in [1.807, 2.05) is 19.1 Å². The molecular formula is C19H20N2O3S2. The summed E-state index contributed by atoms with van der Waals surface area (Å²) in [6.45, 7) is 3.26. The van der Waals surface area contributed by atoms with E-state index in [0.29, 0.717) is 12.1 Å². The summed E-state index contributed by atoms with van der Waals surface area (Å²) in [6.07, 6.45) is 0.618. The van der Waals surface area contributed by atoms with E-state index < -0.39 is 10.0 Å². The largest absolute Gasteiger partial charge is 0.326 e. The average molecular weight is 389 g/mol. The molecule has 0 bridgehead atoms. The minimum atomic E-state index is -3.62. The lowest BCUT2D eigenvalue weighted by molar-refractivity contribution is -0.114. The Balaban J connectivity index is 1.71. The molecule has 0 radical (unpaired) electrons. The van der Waals surface area contributed by atoms with Crippen molar-refractivity contribution in [3.05, 3.63) is 59.5 Å². The number of benzene rings is 2. The van der Waals surface area contributed by atoms with Crippen LogP contribution in [0.3, 0.4) is 0 Å². The molecule has 1 amide bonds. The monoisotopic (exact) mass is 388 g/mol. The van der Waals surface area contributed by atoms with Crippen molar-refractivity contribution in [1.82, 2.24) is 4.72 Å². The van der Waals surface area contributed by atoms with Crippen molar-refractivity contribution >= 4 is 43.0 Å². The summed E-state index contributed by atoms with van der Waals surface area (Å²) >= 11 is 1.66. The highest BCUT2D eigenvalue weighted by molar-refractivity contribution is 7.89. The zero-order chi connectivity index (χ0) is 18.7. The summed E-state index contributed by atoms with van der Waals surface area (Å²) in [7, 11) is -3.62. The molecule has 2 N–H and O–H groups in total. The molecule has 5 nitrogen and oxygen atoms in total. The normalized spacial score (nSPS) is 12.8. The van der Waals surface area contributed by atoms with Crippen LogP contribution >= 0.6 is 11.3 Å². The van der Waals surface area contributed by atoms with Gasteiger partial charge in [0.05, 0.1) is 4.90 Å². The Morgan fingerprint density at radius 2 is 1.81 bits per heavy atom. The molecule has 3 aromatic rings. The zero-order valence-electron chi connectivity index (χ0n) is 14.5. The van der Waals surface area contributed by atoms with Crippen LogP contribution in [0.15, 0.2) is 58.8 Å².